The Morgan fingerprint density at radius 2 is 1.82 bits per heavy atom. The van der Waals surface area contributed by atoms with Gasteiger partial charge in [0.2, 0.25) is 5.91 Å². The van der Waals surface area contributed by atoms with Crippen molar-refractivity contribution in [1.29, 1.82) is 0 Å². The highest BCUT2D eigenvalue weighted by Gasteiger charge is 2.52. The molecule has 0 aromatic rings. The van der Waals surface area contributed by atoms with Gasteiger partial charge >= 0.3 is 7.12 Å². The topological polar surface area (TPSA) is 38.8 Å². The van der Waals surface area contributed by atoms with Gasteiger partial charge in [-0.1, -0.05) is 6.08 Å². The Labute approximate surface area is 103 Å². The molecule has 0 spiro atoms. The molecule has 5 heteroatoms. The molecule has 0 unspecified atom stereocenters. The van der Waals surface area contributed by atoms with Gasteiger partial charge in [0, 0.05) is 20.0 Å². The fourth-order valence-electron chi connectivity index (χ4n) is 1.98. The van der Waals surface area contributed by atoms with Crippen LogP contribution in [0.15, 0.2) is 11.5 Å². The molecule has 0 N–H and O–H groups in total. The summed E-state index contributed by atoms with van der Waals surface area (Å²) < 4.78 is 11.9. The first-order valence-electron chi connectivity index (χ1n) is 6.03. The van der Waals surface area contributed by atoms with Crippen molar-refractivity contribution < 1.29 is 14.1 Å². The van der Waals surface area contributed by atoms with Gasteiger partial charge in [-0.2, -0.15) is 0 Å². The molecule has 2 heterocycles. The van der Waals surface area contributed by atoms with E-state index in [0.717, 1.165) is 5.47 Å². The molecule has 0 aliphatic carbocycles. The van der Waals surface area contributed by atoms with E-state index in [4.69, 9.17) is 9.31 Å². The Hall–Kier alpha value is -0.805. The number of rotatable bonds is 1. The summed E-state index contributed by atoms with van der Waals surface area (Å²) in [5, 5.41) is 0. The molecular weight excluding hydrogens is 217 g/mol. The zero-order chi connectivity index (χ0) is 12.8. The van der Waals surface area contributed by atoms with Crippen LogP contribution >= 0.6 is 0 Å². The van der Waals surface area contributed by atoms with Crippen molar-refractivity contribution in [3.8, 4) is 0 Å². The summed E-state index contributed by atoms with van der Waals surface area (Å²) in [4.78, 5) is 13.1. The molecule has 2 rings (SSSR count). The second kappa shape index (κ2) is 3.85. The van der Waals surface area contributed by atoms with Crippen LogP contribution in [0.3, 0.4) is 0 Å². The minimum Gasteiger partial charge on any atom is -0.400 e. The molecule has 1 amide bonds. The van der Waals surface area contributed by atoms with Crippen molar-refractivity contribution in [2.75, 3.05) is 13.1 Å². The number of amides is 1. The zero-order valence-electron chi connectivity index (χ0n) is 11.2. The van der Waals surface area contributed by atoms with E-state index in [-0.39, 0.29) is 24.2 Å². The van der Waals surface area contributed by atoms with E-state index in [1.54, 1.807) is 11.8 Å². The van der Waals surface area contributed by atoms with Gasteiger partial charge in [-0.05, 0) is 33.2 Å². The molecule has 1 saturated heterocycles. The maximum Gasteiger partial charge on any atom is 0.492 e. The van der Waals surface area contributed by atoms with E-state index >= 15 is 0 Å². The predicted molar refractivity (Wildman–Crippen MR) is 66.4 cm³/mol. The summed E-state index contributed by atoms with van der Waals surface area (Å²) in [6, 6.07) is 0. The van der Waals surface area contributed by atoms with Gasteiger partial charge in [0.1, 0.15) is 0 Å². The monoisotopic (exact) mass is 237 g/mol. The number of nitrogens with zero attached hydrogens (tertiary/aromatic N) is 1. The molecule has 0 atom stereocenters. The molecule has 0 aromatic carbocycles. The van der Waals surface area contributed by atoms with Crippen molar-refractivity contribution in [2.24, 2.45) is 0 Å². The van der Waals surface area contributed by atoms with E-state index < -0.39 is 0 Å². The lowest BCUT2D eigenvalue weighted by molar-refractivity contribution is -0.127. The van der Waals surface area contributed by atoms with E-state index in [1.807, 2.05) is 33.8 Å². The smallest absolute Gasteiger partial charge is 0.400 e. The molecule has 1 fully saturated rings. The van der Waals surface area contributed by atoms with Crippen molar-refractivity contribution in [1.82, 2.24) is 4.90 Å². The quantitative estimate of drug-likeness (QED) is 0.647. The third-order valence-electron chi connectivity index (χ3n) is 3.95. The second-order valence-electron chi connectivity index (χ2n) is 5.77. The summed E-state index contributed by atoms with van der Waals surface area (Å²) in [5.41, 5.74) is 0.420. The van der Waals surface area contributed by atoms with Crippen LogP contribution in [0, 0.1) is 0 Å². The maximum absolute atomic E-state index is 11.3. The summed E-state index contributed by atoms with van der Waals surface area (Å²) in [5.74, 6) is 0.0905. The first kappa shape index (κ1) is 12.6. The standard InChI is InChI=1S/C12H20BNO3/c1-9(15)14-7-6-10(8-14)13-16-11(2,3)12(4,5)17-13/h6H,7-8H2,1-5H3. The highest BCUT2D eigenvalue weighted by molar-refractivity contribution is 6.55. The number of hydrogen-bond donors (Lipinski definition) is 0. The van der Waals surface area contributed by atoms with Gasteiger partial charge in [-0.3, -0.25) is 4.79 Å². The van der Waals surface area contributed by atoms with E-state index in [1.165, 1.54) is 0 Å². The van der Waals surface area contributed by atoms with Crippen LogP contribution in [-0.2, 0) is 14.1 Å². The average molecular weight is 237 g/mol. The van der Waals surface area contributed by atoms with E-state index in [9.17, 15) is 4.79 Å². The Morgan fingerprint density at radius 1 is 1.29 bits per heavy atom. The lowest BCUT2D eigenvalue weighted by Crippen LogP contribution is -2.41. The van der Waals surface area contributed by atoms with Crippen LogP contribution < -0.4 is 0 Å². The van der Waals surface area contributed by atoms with Gasteiger partial charge in [0.15, 0.2) is 0 Å². The van der Waals surface area contributed by atoms with Crippen LogP contribution in [0.2, 0.25) is 0 Å². The molecule has 0 aromatic heterocycles. The normalized spacial score (nSPS) is 26.3. The number of carbonyl (C=O) groups is 1. The van der Waals surface area contributed by atoms with Gasteiger partial charge in [0.05, 0.1) is 11.2 Å². The Bertz CT molecular complexity index is 360. The first-order valence-corrected chi connectivity index (χ1v) is 6.03. The van der Waals surface area contributed by atoms with Gasteiger partial charge in [-0.25, -0.2) is 0 Å². The minimum atomic E-state index is -0.317. The van der Waals surface area contributed by atoms with E-state index in [0.29, 0.717) is 13.1 Å². The maximum atomic E-state index is 11.3. The van der Waals surface area contributed by atoms with Crippen molar-refractivity contribution in [3.05, 3.63) is 11.5 Å². The van der Waals surface area contributed by atoms with E-state index in [2.05, 4.69) is 0 Å². The van der Waals surface area contributed by atoms with Crippen LogP contribution in [0.4, 0.5) is 0 Å². The Balaban J connectivity index is 2.06. The Kier molecular flexibility index (Phi) is 2.87. The van der Waals surface area contributed by atoms with Gasteiger partial charge < -0.3 is 14.2 Å². The van der Waals surface area contributed by atoms with Crippen molar-refractivity contribution in [2.45, 2.75) is 45.8 Å². The third-order valence-corrected chi connectivity index (χ3v) is 3.95. The lowest BCUT2D eigenvalue weighted by Gasteiger charge is -2.32. The van der Waals surface area contributed by atoms with Crippen LogP contribution in [0.5, 0.6) is 0 Å². The minimum absolute atomic E-state index is 0.0905. The second-order valence-corrected chi connectivity index (χ2v) is 5.77. The molecule has 2 aliphatic rings. The highest BCUT2D eigenvalue weighted by atomic mass is 16.7. The Morgan fingerprint density at radius 3 is 2.24 bits per heavy atom. The van der Waals surface area contributed by atoms with Crippen LogP contribution in [-0.4, -0.2) is 42.2 Å². The predicted octanol–water partition coefficient (Wildman–Crippen LogP) is 1.41. The van der Waals surface area contributed by atoms with Gasteiger partial charge in [-0.15, -0.1) is 0 Å². The largest absolute Gasteiger partial charge is 0.492 e. The fraction of sp³-hybridized carbons (Fsp3) is 0.750. The summed E-state index contributed by atoms with van der Waals surface area (Å²) in [6.07, 6.45) is 2.03. The third kappa shape index (κ3) is 2.14. The number of hydrogen-bond acceptors (Lipinski definition) is 3. The SMILES string of the molecule is CC(=O)N1CC=C(B2OC(C)(C)C(C)(C)O2)C1. The van der Waals surface area contributed by atoms with Crippen LogP contribution in [0.1, 0.15) is 34.6 Å². The summed E-state index contributed by atoms with van der Waals surface area (Å²) >= 11 is 0. The molecule has 0 saturated carbocycles. The molecule has 2 aliphatic heterocycles. The lowest BCUT2D eigenvalue weighted by atomic mass is 9.79. The van der Waals surface area contributed by atoms with Crippen molar-refractivity contribution in [3.63, 3.8) is 0 Å². The van der Waals surface area contributed by atoms with Gasteiger partial charge in [0.25, 0.3) is 0 Å². The molecule has 4 nitrogen and oxygen atoms in total. The highest BCUT2D eigenvalue weighted by Crippen LogP contribution is 2.39. The fourth-order valence-corrected chi connectivity index (χ4v) is 1.98. The number of carbonyl (C=O) groups excluding carboxylic acids is 1. The zero-order valence-corrected chi connectivity index (χ0v) is 11.2. The molecule has 0 radical (unpaired) electrons. The molecular formula is C12H20BNO3. The van der Waals surface area contributed by atoms with Crippen molar-refractivity contribution >= 4 is 13.0 Å². The molecule has 94 valence electrons. The van der Waals surface area contributed by atoms with Crippen LogP contribution in [0.25, 0.3) is 0 Å². The average Bonchev–Trinajstić information content (AvgIpc) is 2.70. The summed E-state index contributed by atoms with van der Waals surface area (Å²) in [6.45, 7) is 11.0. The summed E-state index contributed by atoms with van der Waals surface area (Å²) in [7, 11) is -0.315. The molecule has 0 bridgehead atoms. The molecule has 17 heavy (non-hydrogen) atoms. The first-order chi connectivity index (χ1) is 7.73.